The Kier molecular flexibility index (Phi) is 6.23. The van der Waals surface area contributed by atoms with E-state index in [0.717, 1.165) is 42.4 Å². The van der Waals surface area contributed by atoms with Gasteiger partial charge in [-0.25, -0.2) is 13.1 Å². The first-order chi connectivity index (χ1) is 11.3. The van der Waals surface area contributed by atoms with Crippen LogP contribution in [0.1, 0.15) is 30.4 Å². The number of para-hydroxylation sites is 1. The van der Waals surface area contributed by atoms with E-state index in [9.17, 15) is 13.2 Å². The number of likely N-dealkylation sites (tertiary alicyclic amines) is 1. The topological polar surface area (TPSA) is 75.7 Å². The molecule has 134 valence electrons. The fourth-order valence-corrected chi connectivity index (χ4v) is 3.53. The van der Waals surface area contributed by atoms with Crippen LogP contribution in [-0.4, -0.2) is 51.2 Å². The van der Waals surface area contributed by atoms with Gasteiger partial charge in [0.05, 0.1) is 6.26 Å². The molecule has 1 aliphatic rings. The molecule has 2 rings (SSSR count). The number of nitrogens with one attached hydrogen (secondary N) is 1. The number of carbonyl (C=O) groups is 1. The summed E-state index contributed by atoms with van der Waals surface area (Å²) in [5.41, 5.74) is 1.99. The van der Waals surface area contributed by atoms with Crippen LogP contribution in [0.2, 0.25) is 0 Å². The standard InChI is InChI=1S/C17H26N2O4S/c1-13-7-6-8-14(2)17(13)23-12-16(20)19-10-5-4-9-15(19)11-18-24(3,21)22/h6-8,15,18H,4-5,9-12H2,1-3H3. The molecule has 0 aliphatic carbocycles. The third-order valence-corrected chi connectivity index (χ3v) is 4.97. The molecule has 1 aromatic rings. The van der Waals surface area contributed by atoms with Crippen LogP contribution in [0.15, 0.2) is 18.2 Å². The first kappa shape index (κ1) is 18.7. The number of nitrogens with zero attached hydrogens (tertiary/aromatic N) is 1. The molecule has 1 atom stereocenters. The summed E-state index contributed by atoms with van der Waals surface area (Å²) < 4.78 is 30.8. The highest BCUT2D eigenvalue weighted by Gasteiger charge is 2.27. The Bertz CT molecular complexity index is 668. The van der Waals surface area contributed by atoms with Gasteiger partial charge in [-0.1, -0.05) is 18.2 Å². The summed E-state index contributed by atoms with van der Waals surface area (Å²) in [7, 11) is -3.26. The van der Waals surface area contributed by atoms with Gasteiger partial charge in [0.1, 0.15) is 5.75 Å². The summed E-state index contributed by atoms with van der Waals surface area (Å²) in [6, 6.07) is 5.75. The van der Waals surface area contributed by atoms with Crippen molar-refractivity contribution in [2.75, 3.05) is 26.0 Å². The lowest BCUT2D eigenvalue weighted by Gasteiger charge is -2.35. The van der Waals surface area contributed by atoms with Crippen molar-refractivity contribution in [1.29, 1.82) is 0 Å². The molecule has 0 spiro atoms. The highest BCUT2D eigenvalue weighted by molar-refractivity contribution is 7.88. The third kappa shape index (κ3) is 5.21. The minimum Gasteiger partial charge on any atom is -0.483 e. The molecule has 1 aliphatic heterocycles. The van der Waals surface area contributed by atoms with Crippen molar-refractivity contribution in [2.45, 2.75) is 39.2 Å². The molecule has 1 fully saturated rings. The molecule has 1 unspecified atom stereocenters. The summed E-state index contributed by atoms with van der Waals surface area (Å²) in [4.78, 5) is 14.3. The summed E-state index contributed by atoms with van der Waals surface area (Å²) in [5.74, 6) is 0.645. The second-order valence-corrected chi connectivity index (χ2v) is 8.20. The zero-order valence-electron chi connectivity index (χ0n) is 14.5. The highest BCUT2D eigenvalue weighted by atomic mass is 32.2. The molecule has 1 amide bonds. The number of aryl methyl sites for hydroxylation is 2. The van der Waals surface area contributed by atoms with Crippen molar-refractivity contribution in [3.63, 3.8) is 0 Å². The number of hydrogen-bond acceptors (Lipinski definition) is 4. The molecular formula is C17H26N2O4S. The van der Waals surface area contributed by atoms with Gasteiger partial charge in [0.25, 0.3) is 5.91 Å². The predicted molar refractivity (Wildman–Crippen MR) is 93.6 cm³/mol. The van der Waals surface area contributed by atoms with Crippen LogP contribution < -0.4 is 9.46 Å². The van der Waals surface area contributed by atoms with E-state index < -0.39 is 10.0 Å². The molecule has 0 bridgehead atoms. The molecule has 1 saturated heterocycles. The number of carbonyl (C=O) groups excluding carboxylic acids is 1. The third-order valence-electron chi connectivity index (χ3n) is 4.28. The maximum atomic E-state index is 12.6. The zero-order valence-corrected chi connectivity index (χ0v) is 15.4. The zero-order chi connectivity index (χ0) is 17.7. The van der Waals surface area contributed by atoms with E-state index in [1.807, 2.05) is 32.0 Å². The lowest BCUT2D eigenvalue weighted by Crippen LogP contribution is -2.50. The van der Waals surface area contributed by atoms with E-state index in [1.165, 1.54) is 0 Å². The molecule has 0 aromatic heterocycles. The maximum absolute atomic E-state index is 12.6. The molecule has 24 heavy (non-hydrogen) atoms. The number of ether oxygens (including phenoxy) is 1. The van der Waals surface area contributed by atoms with Gasteiger partial charge >= 0.3 is 0 Å². The highest BCUT2D eigenvalue weighted by Crippen LogP contribution is 2.23. The molecule has 0 radical (unpaired) electrons. The Hall–Kier alpha value is -1.60. The smallest absolute Gasteiger partial charge is 0.260 e. The van der Waals surface area contributed by atoms with E-state index in [1.54, 1.807) is 4.90 Å². The molecule has 0 saturated carbocycles. The lowest BCUT2D eigenvalue weighted by molar-refractivity contribution is -0.136. The Morgan fingerprint density at radius 1 is 1.29 bits per heavy atom. The van der Waals surface area contributed by atoms with Crippen LogP contribution in [0.5, 0.6) is 5.75 Å². The van der Waals surface area contributed by atoms with E-state index in [-0.39, 0.29) is 25.1 Å². The summed E-state index contributed by atoms with van der Waals surface area (Å²) in [6.45, 7) is 4.78. The van der Waals surface area contributed by atoms with Gasteiger partial charge in [0.15, 0.2) is 6.61 Å². The van der Waals surface area contributed by atoms with Crippen molar-refractivity contribution in [1.82, 2.24) is 9.62 Å². The second-order valence-electron chi connectivity index (χ2n) is 6.37. The minimum atomic E-state index is -3.26. The van der Waals surface area contributed by atoms with E-state index in [0.29, 0.717) is 6.54 Å². The van der Waals surface area contributed by atoms with E-state index >= 15 is 0 Å². The first-order valence-corrected chi connectivity index (χ1v) is 10.1. The fourth-order valence-electron chi connectivity index (χ4n) is 3.03. The monoisotopic (exact) mass is 354 g/mol. The van der Waals surface area contributed by atoms with E-state index in [2.05, 4.69) is 4.72 Å². The van der Waals surface area contributed by atoms with Gasteiger partial charge in [0.2, 0.25) is 10.0 Å². The van der Waals surface area contributed by atoms with E-state index in [4.69, 9.17) is 4.74 Å². The van der Waals surface area contributed by atoms with Crippen LogP contribution in [-0.2, 0) is 14.8 Å². The molecule has 7 heteroatoms. The van der Waals surface area contributed by atoms with Crippen LogP contribution in [0.4, 0.5) is 0 Å². The molecule has 1 aromatic carbocycles. The number of hydrogen-bond donors (Lipinski definition) is 1. The Morgan fingerprint density at radius 3 is 2.58 bits per heavy atom. The first-order valence-electron chi connectivity index (χ1n) is 8.21. The summed E-state index contributed by atoms with van der Waals surface area (Å²) in [6.07, 6.45) is 3.87. The van der Waals surface area contributed by atoms with Crippen LogP contribution >= 0.6 is 0 Å². The predicted octanol–water partition coefficient (Wildman–Crippen LogP) is 1.61. The van der Waals surface area contributed by atoms with Gasteiger partial charge in [-0.2, -0.15) is 0 Å². The van der Waals surface area contributed by atoms with Gasteiger partial charge in [-0.3, -0.25) is 4.79 Å². The summed E-state index contributed by atoms with van der Waals surface area (Å²) in [5, 5.41) is 0. The number of rotatable bonds is 6. The molecular weight excluding hydrogens is 328 g/mol. The largest absolute Gasteiger partial charge is 0.483 e. The minimum absolute atomic E-state index is 0.0267. The molecule has 1 N–H and O–H groups in total. The van der Waals surface area contributed by atoms with Crippen LogP contribution in [0.3, 0.4) is 0 Å². The van der Waals surface area contributed by atoms with Gasteiger partial charge in [-0.15, -0.1) is 0 Å². The quantitative estimate of drug-likeness (QED) is 0.842. The Balaban J connectivity index is 1.98. The van der Waals surface area contributed by atoms with Gasteiger partial charge in [0, 0.05) is 19.1 Å². The van der Waals surface area contributed by atoms with Crippen LogP contribution in [0.25, 0.3) is 0 Å². The lowest BCUT2D eigenvalue weighted by atomic mass is 10.0. The number of amides is 1. The Morgan fingerprint density at radius 2 is 1.96 bits per heavy atom. The number of benzene rings is 1. The van der Waals surface area contributed by atoms with Crippen molar-refractivity contribution in [2.24, 2.45) is 0 Å². The normalized spacial score (nSPS) is 18.5. The number of piperidine rings is 1. The summed E-state index contributed by atoms with van der Waals surface area (Å²) >= 11 is 0. The average molecular weight is 354 g/mol. The second kappa shape index (κ2) is 7.98. The molecule has 6 nitrogen and oxygen atoms in total. The fraction of sp³-hybridized carbons (Fsp3) is 0.588. The van der Waals surface area contributed by atoms with Gasteiger partial charge < -0.3 is 9.64 Å². The average Bonchev–Trinajstić information content (AvgIpc) is 2.52. The Labute approximate surface area is 144 Å². The maximum Gasteiger partial charge on any atom is 0.260 e. The van der Waals surface area contributed by atoms with Crippen molar-refractivity contribution < 1.29 is 17.9 Å². The van der Waals surface area contributed by atoms with Crippen LogP contribution in [0, 0.1) is 13.8 Å². The van der Waals surface area contributed by atoms with Crippen molar-refractivity contribution >= 4 is 15.9 Å². The SMILES string of the molecule is Cc1cccc(C)c1OCC(=O)N1CCCCC1CNS(C)(=O)=O. The molecule has 1 heterocycles. The van der Waals surface area contributed by atoms with Crippen molar-refractivity contribution in [3.05, 3.63) is 29.3 Å². The number of sulfonamides is 1. The van der Waals surface area contributed by atoms with Crippen molar-refractivity contribution in [3.8, 4) is 5.75 Å². The van der Waals surface area contributed by atoms with Gasteiger partial charge in [-0.05, 0) is 44.2 Å².